The van der Waals surface area contributed by atoms with Gasteiger partial charge in [-0.2, -0.15) is 0 Å². The molecule has 5 heteroatoms. The van der Waals surface area contributed by atoms with Crippen molar-refractivity contribution in [1.82, 2.24) is 0 Å². The van der Waals surface area contributed by atoms with Gasteiger partial charge in [0.25, 0.3) is 0 Å². The third kappa shape index (κ3) is 10.0. The Balaban J connectivity index is 4.38. The fourth-order valence-electron chi connectivity index (χ4n) is 1.73. The molecule has 0 aromatic carbocycles. The van der Waals surface area contributed by atoms with Crippen LogP contribution in [0.25, 0.3) is 0 Å². The van der Waals surface area contributed by atoms with Crippen LogP contribution in [0.5, 0.6) is 0 Å². The summed E-state index contributed by atoms with van der Waals surface area (Å²) in [7, 11) is -2.42. The first-order chi connectivity index (χ1) is 9.24. The molecule has 0 aliphatic carbocycles. The van der Waals surface area contributed by atoms with Gasteiger partial charge in [-0.3, -0.25) is 0 Å². The van der Waals surface area contributed by atoms with E-state index in [1.165, 1.54) is 12.8 Å². The van der Waals surface area contributed by atoms with Crippen LogP contribution in [0.2, 0.25) is 6.04 Å². The van der Waals surface area contributed by atoms with E-state index in [9.17, 15) is 0 Å². The van der Waals surface area contributed by atoms with Gasteiger partial charge in [-0.1, -0.05) is 43.1 Å². The second-order valence-corrected chi connectivity index (χ2v) is 8.25. The molecule has 0 fully saturated rings. The predicted octanol–water partition coefficient (Wildman–Crippen LogP) is 4.77. The van der Waals surface area contributed by atoms with Crippen molar-refractivity contribution >= 4 is 24.7 Å². The molecule has 0 atom stereocenters. The summed E-state index contributed by atoms with van der Waals surface area (Å²) in [6.45, 7) is 8.63. The Bertz CT molecular complexity index is 172. The molecule has 0 rings (SSSR count). The van der Waals surface area contributed by atoms with Gasteiger partial charge in [0.15, 0.2) is 0 Å². The van der Waals surface area contributed by atoms with Gasteiger partial charge in [0.2, 0.25) is 0 Å². The van der Waals surface area contributed by atoms with Crippen LogP contribution in [0, 0.1) is 0 Å². The summed E-state index contributed by atoms with van der Waals surface area (Å²) in [5, 5.41) is 1.07. The fourth-order valence-corrected chi connectivity index (χ4v) is 5.03. The topological polar surface area (TPSA) is 27.7 Å². The van der Waals surface area contributed by atoms with Crippen LogP contribution in [0.3, 0.4) is 0 Å². The van der Waals surface area contributed by atoms with E-state index >= 15 is 0 Å². The molecule has 0 aliphatic heterocycles. The van der Waals surface area contributed by atoms with Crippen molar-refractivity contribution < 1.29 is 13.3 Å². The highest BCUT2D eigenvalue weighted by Crippen LogP contribution is 2.21. The molecule has 0 amide bonds. The minimum absolute atomic E-state index is 0.748. The van der Waals surface area contributed by atoms with Gasteiger partial charge in [-0.15, -0.1) is 0 Å². The molecule has 0 aromatic rings. The van der Waals surface area contributed by atoms with Gasteiger partial charge >= 0.3 is 8.80 Å². The average Bonchev–Trinajstić information content (AvgIpc) is 2.44. The van der Waals surface area contributed by atoms with Crippen LogP contribution < -0.4 is 0 Å². The van der Waals surface area contributed by atoms with E-state index in [1.54, 1.807) is 0 Å². The number of hydrogen-bond acceptors (Lipinski definition) is 3. The summed E-state index contributed by atoms with van der Waals surface area (Å²) in [6.07, 6.45) is 6.60. The fraction of sp³-hybridized carbons (Fsp3) is 1.00. The van der Waals surface area contributed by atoms with Crippen LogP contribution in [-0.2, 0) is 13.3 Å². The Morgan fingerprint density at radius 3 is 1.58 bits per heavy atom. The number of unbranched alkanes of at least 4 members (excludes halogenated alkanes) is 2. The van der Waals surface area contributed by atoms with Crippen LogP contribution >= 0.6 is 15.9 Å². The summed E-state index contributed by atoms with van der Waals surface area (Å²) in [4.78, 5) is 0. The lowest BCUT2D eigenvalue weighted by atomic mass is 10.3. The second-order valence-electron chi connectivity index (χ2n) is 4.73. The maximum atomic E-state index is 6.05. The highest BCUT2D eigenvalue weighted by Gasteiger charge is 2.40. The lowest BCUT2D eigenvalue weighted by Crippen LogP contribution is -2.46. The van der Waals surface area contributed by atoms with Crippen molar-refractivity contribution in [3.8, 4) is 0 Å². The van der Waals surface area contributed by atoms with Crippen molar-refractivity contribution in [2.45, 2.75) is 65.3 Å². The standard InChI is InChI=1S/C14H31BrO3Si/c1-4-11-16-19(17-12-5-2,18-13-6-3)14-9-7-8-10-15/h4-14H2,1-3H3. The van der Waals surface area contributed by atoms with E-state index in [0.29, 0.717) is 0 Å². The third-order valence-electron chi connectivity index (χ3n) is 2.69. The first-order valence-corrected chi connectivity index (χ1v) is 10.8. The van der Waals surface area contributed by atoms with E-state index in [4.69, 9.17) is 13.3 Å². The summed E-state index contributed by atoms with van der Waals surface area (Å²) in [5.74, 6) is 0. The number of rotatable bonds is 14. The summed E-state index contributed by atoms with van der Waals surface area (Å²) >= 11 is 3.47. The largest absolute Gasteiger partial charge is 0.500 e. The highest BCUT2D eigenvalue weighted by molar-refractivity contribution is 9.09. The molecular formula is C14H31BrO3Si. The van der Waals surface area contributed by atoms with Gasteiger partial charge in [0.1, 0.15) is 0 Å². The zero-order valence-electron chi connectivity index (χ0n) is 12.9. The smallest absolute Gasteiger partial charge is 0.373 e. The van der Waals surface area contributed by atoms with Gasteiger partial charge in [0, 0.05) is 31.2 Å². The van der Waals surface area contributed by atoms with Crippen LogP contribution in [0.15, 0.2) is 0 Å². The van der Waals surface area contributed by atoms with E-state index < -0.39 is 8.80 Å². The quantitative estimate of drug-likeness (QED) is 0.255. The molecule has 0 radical (unpaired) electrons. The molecule has 0 aromatic heterocycles. The molecule has 0 heterocycles. The van der Waals surface area contributed by atoms with E-state index in [-0.39, 0.29) is 0 Å². The van der Waals surface area contributed by atoms with E-state index in [0.717, 1.165) is 56.9 Å². The Morgan fingerprint density at radius 1 is 0.737 bits per heavy atom. The summed E-state index contributed by atoms with van der Waals surface area (Å²) in [5.41, 5.74) is 0. The SMILES string of the molecule is CCCO[Si](CCCCCBr)(OCCC)OCCC. The zero-order chi connectivity index (χ0) is 14.4. The molecule has 0 bridgehead atoms. The minimum atomic E-state index is -2.42. The van der Waals surface area contributed by atoms with Crippen LogP contribution in [-0.4, -0.2) is 34.0 Å². The number of alkyl halides is 1. The van der Waals surface area contributed by atoms with Crippen LogP contribution in [0.1, 0.15) is 59.3 Å². The Labute approximate surface area is 128 Å². The first kappa shape index (κ1) is 19.6. The Kier molecular flexibility index (Phi) is 14.0. The monoisotopic (exact) mass is 354 g/mol. The van der Waals surface area contributed by atoms with E-state index in [1.807, 2.05) is 0 Å². The normalized spacial score (nSPS) is 12.0. The van der Waals surface area contributed by atoms with Crippen molar-refractivity contribution in [1.29, 1.82) is 0 Å². The van der Waals surface area contributed by atoms with Gasteiger partial charge in [-0.25, -0.2) is 0 Å². The predicted molar refractivity (Wildman–Crippen MR) is 86.9 cm³/mol. The molecule has 3 nitrogen and oxygen atoms in total. The van der Waals surface area contributed by atoms with Gasteiger partial charge in [-0.05, 0) is 32.1 Å². The number of halogens is 1. The maximum Gasteiger partial charge on any atom is 0.500 e. The van der Waals surface area contributed by atoms with Crippen LogP contribution in [0.4, 0.5) is 0 Å². The van der Waals surface area contributed by atoms with Crippen molar-refractivity contribution in [2.24, 2.45) is 0 Å². The molecule has 19 heavy (non-hydrogen) atoms. The Hall–Kier alpha value is 0.577. The number of hydrogen-bond donors (Lipinski definition) is 0. The molecule has 116 valence electrons. The summed E-state index contributed by atoms with van der Waals surface area (Å²) < 4.78 is 18.1. The molecule has 0 saturated carbocycles. The molecule has 0 saturated heterocycles. The summed E-state index contributed by atoms with van der Waals surface area (Å²) in [6, 6.07) is 0.958. The first-order valence-electron chi connectivity index (χ1n) is 7.72. The maximum absolute atomic E-state index is 6.05. The molecule has 0 aliphatic rings. The molecule has 0 unspecified atom stereocenters. The molecule has 0 N–H and O–H groups in total. The minimum Gasteiger partial charge on any atom is -0.373 e. The van der Waals surface area contributed by atoms with Gasteiger partial charge < -0.3 is 13.3 Å². The van der Waals surface area contributed by atoms with Crippen molar-refractivity contribution in [2.75, 3.05) is 25.2 Å². The molecule has 0 spiro atoms. The van der Waals surface area contributed by atoms with E-state index in [2.05, 4.69) is 36.7 Å². The lowest BCUT2D eigenvalue weighted by Gasteiger charge is -2.29. The lowest BCUT2D eigenvalue weighted by molar-refractivity contribution is 0.0586. The second kappa shape index (κ2) is 13.6. The average molecular weight is 355 g/mol. The third-order valence-corrected chi connectivity index (χ3v) is 6.15. The molecular weight excluding hydrogens is 324 g/mol. The zero-order valence-corrected chi connectivity index (χ0v) is 15.5. The van der Waals surface area contributed by atoms with Gasteiger partial charge in [0.05, 0.1) is 0 Å². The van der Waals surface area contributed by atoms with Crippen molar-refractivity contribution in [3.05, 3.63) is 0 Å². The highest BCUT2D eigenvalue weighted by atomic mass is 79.9. The Morgan fingerprint density at radius 2 is 1.21 bits per heavy atom. The van der Waals surface area contributed by atoms with Crippen molar-refractivity contribution in [3.63, 3.8) is 0 Å².